The van der Waals surface area contributed by atoms with Crippen molar-refractivity contribution in [3.63, 3.8) is 0 Å². The summed E-state index contributed by atoms with van der Waals surface area (Å²) < 4.78 is 0. The van der Waals surface area contributed by atoms with Gasteiger partial charge in [-0.2, -0.15) is 0 Å². The van der Waals surface area contributed by atoms with Crippen LogP contribution in [0.25, 0.3) is 11.0 Å². The molecule has 3 rings (SSSR count). The number of amides is 1. The minimum atomic E-state index is 0.573. The van der Waals surface area contributed by atoms with E-state index in [0.29, 0.717) is 17.5 Å². The van der Waals surface area contributed by atoms with E-state index in [-0.39, 0.29) is 0 Å². The van der Waals surface area contributed by atoms with Crippen molar-refractivity contribution in [3.8, 4) is 0 Å². The van der Waals surface area contributed by atoms with Crippen LogP contribution in [0.1, 0.15) is 44.9 Å². The molecule has 0 radical (unpaired) electrons. The molecule has 35 heavy (non-hydrogen) atoms. The molecule has 1 atom stereocenters. The van der Waals surface area contributed by atoms with Gasteiger partial charge in [0, 0.05) is 68.5 Å². The Bertz CT molecular complexity index is 968. The first-order chi connectivity index (χ1) is 17.1. The number of hydrogen-bond donors (Lipinski definition) is 6. The number of imidazole rings is 1. The van der Waals surface area contributed by atoms with Crippen LogP contribution in [0.5, 0.6) is 0 Å². The SMILES string of the molecule is C/C(=C/NC(CCNCCNCCc1nc2ccc(Cl)cc2[nH]1)=NCCC1CCCCN1)NC=O. The van der Waals surface area contributed by atoms with Crippen LogP contribution in [0.4, 0.5) is 0 Å². The van der Waals surface area contributed by atoms with Gasteiger partial charge in [-0.05, 0) is 50.9 Å². The molecule has 2 heterocycles. The molecular formula is C25H39ClN8O. The van der Waals surface area contributed by atoms with Gasteiger partial charge < -0.3 is 31.6 Å². The number of aliphatic imine (C=N–C) groups is 1. The Morgan fingerprint density at radius 2 is 2.06 bits per heavy atom. The Labute approximate surface area is 213 Å². The van der Waals surface area contributed by atoms with E-state index in [1.165, 1.54) is 19.3 Å². The first-order valence-electron chi connectivity index (χ1n) is 12.6. The molecular weight excluding hydrogens is 464 g/mol. The number of rotatable bonds is 15. The molecule has 1 amide bonds. The van der Waals surface area contributed by atoms with E-state index in [4.69, 9.17) is 16.6 Å². The van der Waals surface area contributed by atoms with E-state index in [0.717, 1.165) is 86.9 Å². The Kier molecular flexibility index (Phi) is 12.0. The fraction of sp³-hybridized carbons (Fsp3) is 0.560. The summed E-state index contributed by atoms with van der Waals surface area (Å²) in [6.07, 6.45) is 8.97. The third-order valence-electron chi connectivity index (χ3n) is 5.98. The summed E-state index contributed by atoms with van der Waals surface area (Å²) in [5, 5.41) is 17.1. The molecule has 1 saturated heterocycles. The lowest BCUT2D eigenvalue weighted by Crippen LogP contribution is -2.34. The molecule has 0 aliphatic carbocycles. The molecule has 1 aliphatic rings. The van der Waals surface area contributed by atoms with Crippen molar-refractivity contribution >= 4 is 34.9 Å². The van der Waals surface area contributed by atoms with Gasteiger partial charge in [-0.3, -0.25) is 9.79 Å². The zero-order chi connectivity index (χ0) is 24.7. The van der Waals surface area contributed by atoms with Crippen molar-refractivity contribution < 1.29 is 4.79 Å². The third-order valence-corrected chi connectivity index (χ3v) is 6.22. The van der Waals surface area contributed by atoms with Crippen molar-refractivity contribution in [1.82, 2.24) is 36.6 Å². The van der Waals surface area contributed by atoms with Gasteiger partial charge in [0.15, 0.2) is 0 Å². The molecule has 0 bridgehead atoms. The molecule has 0 saturated carbocycles. The molecule has 1 fully saturated rings. The molecule has 1 aliphatic heterocycles. The molecule has 192 valence electrons. The highest BCUT2D eigenvalue weighted by molar-refractivity contribution is 6.31. The first kappa shape index (κ1) is 27.1. The smallest absolute Gasteiger partial charge is 0.211 e. The fourth-order valence-corrected chi connectivity index (χ4v) is 4.21. The van der Waals surface area contributed by atoms with E-state index in [1.807, 2.05) is 25.1 Å². The summed E-state index contributed by atoms with van der Waals surface area (Å²) in [7, 11) is 0. The standard InChI is InChI=1S/C25H39ClN8O/c1-19(32-18-35)17-31-24(30-13-7-21-4-2-3-10-29-21)8-11-27-14-15-28-12-9-25-33-22-6-5-20(26)16-23(22)34-25/h5-6,16-18,21,27-29H,2-4,7-15H2,1H3,(H,30,31)(H,32,35)(H,33,34)/b19-17-. The van der Waals surface area contributed by atoms with Gasteiger partial charge in [-0.15, -0.1) is 0 Å². The Morgan fingerprint density at radius 1 is 1.20 bits per heavy atom. The second-order valence-electron chi connectivity index (χ2n) is 8.84. The highest BCUT2D eigenvalue weighted by atomic mass is 35.5. The Morgan fingerprint density at radius 3 is 2.86 bits per heavy atom. The van der Waals surface area contributed by atoms with E-state index >= 15 is 0 Å². The van der Waals surface area contributed by atoms with E-state index in [2.05, 4.69) is 36.6 Å². The van der Waals surface area contributed by atoms with Gasteiger partial charge in [-0.1, -0.05) is 18.0 Å². The van der Waals surface area contributed by atoms with Crippen LogP contribution in [0.15, 0.2) is 35.1 Å². The predicted molar refractivity (Wildman–Crippen MR) is 144 cm³/mol. The highest BCUT2D eigenvalue weighted by Crippen LogP contribution is 2.17. The lowest BCUT2D eigenvalue weighted by Gasteiger charge is -2.22. The average molecular weight is 503 g/mol. The van der Waals surface area contributed by atoms with Crippen LogP contribution in [0.3, 0.4) is 0 Å². The number of hydrogen-bond acceptors (Lipinski definition) is 6. The molecule has 2 aromatic rings. The van der Waals surface area contributed by atoms with Crippen LogP contribution in [-0.2, 0) is 11.2 Å². The minimum absolute atomic E-state index is 0.573. The van der Waals surface area contributed by atoms with Crippen LogP contribution in [0.2, 0.25) is 5.02 Å². The third kappa shape index (κ3) is 10.4. The van der Waals surface area contributed by atoms with Crippen molar-refractivity contribution in [3.05, 3.63) is 40.9 Å². The molecule has 9 nitrogen and oxygen atoms in total. The van der Waals surface area contributed by atoms with Gasteiger partial charge >= 0.3 is 0 Å². The fourth-order valence-electron chi connectivity index (χ4n) is 4.04. The van der Waals surface area contributed by atoms with Crippen molar-refractivity contribution in [1.29, 1.82) is 0 Å². The van der Waals surface area contributed by atoms with Gasteiger partial charge in [0.2, 0.25) is 6.41 Å². The van der Waals surface area contributed by atoms with Gasteiger partial charge in [0.05, 0.1) is 11.0 Å². The Balaban J connectivity index is 1.32. The van der Waals surface area contributed by atoms with Crippen molar-refractivity contribution in [2.24, 2.45) is 4.99 Å². The summed E-state index contributed by atoms with van der Waals surface area (Å²) in [6, 6.07) is 6.27. The van der Waals surface area contributed by atoms with Crippen LogP contribution >= 0.6 is 11.6 Å². The molecule has 1 aromatic carbocycles. The highest BCUT2D eigenvalue weighted by Gasteiger charge is 2.11. The van der Waals surface area contributed by atoms with Gasteiger partial charge in [0.1, 0.15) is 11.7 Å². The van der Waals surface area contributed by atoms with E-state index in [9.17, 15) is 4.79 Å². The van der Waals surface area contributed by atoms with E-state index in [1.54, 1.807) is 6.20 Å². The maximum absolute atomic E-state index is 10.6. The number of fused-ring (bicyclic) bond motifs is 1. The first-order valence-corrected chi connectivity index (χ1v) is 13.0. The molecule has 1 aromatic heterocycles. The second kappa shape index (κ2) is 15.5. The van der Waals surface area contributed by atoms with Crippen LogP contribution in [-0.4, -0.2) is 67.5 Å². The number of allylic oxidation sites excluding steroid dienone is 1. The average Bonchev–Trinajstić information content (AvgIpc) is 3.26. The van der Waals surface area contributed by atoms with E-state index < -0.39 is 0 Å². The number of carbonyl (C=O) groups is 1. The Hall–Kier alpha value is -2.46. The number of piperidine rings is 1. The predicted octanol–water partition coefficient (Wildman–Crippen LogP) is 2.46. The number of H-pyrrole nitrogens is 1. The summed E-state index contributed by atoms with van der Waals surface area (Å²) in [5.74, 6) is 1.89. The largest absolute Gasteiger partial charge is 0.349 e. The molecule has 10 heteroatoms. The maximum atomic E-state index is 10.6. The molecule has 1 unspecified atom stereocenters. The number of halogens is 1. The lowest BCUT2D eigenvalue weighted by atomic mass is 10.0. The number of nitrogens with zero attached hydrogens (tertiary/aromatic N) is 2. The number of nitrogens with one attached hydrogen (secondary N) is 6. The van der Waals surface area contributed by atoms with Crippen molar-refractivity contribution in [2.45, 2.75) is 51.5 Å². The number of aromatic amines is 1. The lowest BCUT2D eigenvalue weighted by molar-refractivity contribution is -0.108. The second-order valence-corrected chi connectivity index (χ2v) is 9.28. The number of aromatic nitrogens is 2. The monoisotopic (exact) mass is 502 g/mol. The van der Waals surface area contributed by atoms with Crippen LogP contribution in [0, 0.1) is 0 Å². The maximum Gasteiger partial charge on any atom is 0.211 e. The van der Waals surface area contributed by atoms with Crippen LogP contribution < -0.4 is 26.6 Å². The molecule has 6 N–H and O–H groups in total. The van der Waals surface area contributed by atoms with Gasteiger partial charge in [-0.25, -0.2) is 4.98 Å². The number of carbonyl (C=O) groups excluding carboxylic acids is 1. The van der Waals surface area contributed by atoms with Gasteiger partial charge in [0.25, 0.3) is 0 Å². The topological polar surface area (TPSA) is 118 Å². The number of amidine groups is 1. The molecule has 0 spiro atoms. The summed E-state index contributed by atoms with van der Waals surface area (Å²) in [6.45, 7) is 7.18. The zero-order valence-electron chi connectivity index (χ0n) is 20.6. The number of benzene rings is 1. The summed E-state index contributed by atoms with van der Waals surface area (Å²) in [5.41, 5.74) is 2.67. The zero-order valence-corrected chi connectivity index (χ0v) is 21.4. The van der Waals surface area contributed by atoms with Crippen molar-refractivity contribution in [2.75, 3.05) is 39.3 Å². The normalized spacial score (nSPS) is 17.0. The quantitative estimate of drug-likeness (QED) is 0.0963. The minimum Gasteiger partial charge on any atom is -0.349 e. The summed E-state index contributed by atoms with van der Waals surface area (Å²) >= 11 is 6.04. The summed E-state index contributed by atoms with van der Waals surface area (Å²) in [4.78, 5) is 23.3.